The lowest BCUT2D eigenvalue weighted by Gasteiger charge is -2.10. The summed E-state index contributed by atoms with van der Waals surface area (Å²) in [5.41, 5.74) is 5.91. The molecule has 3 heteroatoms. The topological polar surface area (TPSA) is 24.1 Å². The predicted molar refractivity (Wildman–Crippen MR) is 120 cm³/mol. The molecule has 0 aromatic heterocycles. The molecule has 0 spiro atoms. The average molecular weight is 387 g/mol. The summed E-state index contributed by atoms with van der Waals surface area (Å²) in [7, 11) is 0. The first kappa shape index (κ1) is 18.2. The molecule has 3 aromatic rings. The van der Waals surface area contributed by atoms with Crippen LogP contribution in [-0.4, -0.2) is 13.1 Å². The number of nitrogens with one attached hydrogen (secondary N) is 2. The molecule has 0 unspecified atom stereocenters. The molecule has 0 heterocycles. The summed E-state index contributed by atoms with van der Waals surface area (Å²) in [5.74, 6) is 1.46. The highest BCUT2D eigenvalue weighted by molar-refractivity contribution is 5.72. The highest BCUT2D eigenvalue weighted by atomic mass is 19.1. The fourth-order valence-corrected chi connectivity index (χ4v) is 3.65. The zero-order valence-corrected chi connectivity index (χ0v) is 16.6. The molecule has 2 fully saturated rings. The Morgan fingerprint density at radius 3 is 1.66 bits per heavy atom. The van der Waals surface area contributed by atoms with E-state index in [1.807, 2.05) is 24.3 Å². The maximum atomic E-state index is 14.6. The van der Waals surface area contributed by atoms with Crippen LogP contribution in [0.4, 0.5) is 15.8 Å². The minimum atomic E-state index is -0.176. The van der Waals surface area contributed by atoms with Crippen molar-refractivity contribution in [2.75, 3.05) is 23.7 Å². The van der Waals surface area contributed by atoms with Crippen LogP contribution >= 0.6 is 0 Å². The van der Waals surface area contributed by atoms with Gasteiger partial charge in [-0.1, -0.05) is 36.4 Å². The minimum Gasteiger partial charge on any atom is -0.385 e. The van der Waals surface area contributed by atoms with E-state index in [2.05, 4.69) is 47.0 Å². The van der Waals surface area contributed by atoms with Gasteiger partial charge in [-0.05, 0) is 84.5 Å². The van der Waals surface area contributed by atoms with E-state index in [0.29, 0.717) is 5.56 Å². The third kappa shape index (κ3) is 4.61. The van der Waals surface area contributed by atoms with E-state index in [0.717, 1.165) is 41.7 Å². The minimum absolute atomic E-state index is 0.176. The molecule has 148 valence electrons. The van der Waals surface area contributed by atoms with Crippen LogP contribution < -0.4 is 10.6 Å². The van der Waals surface area contributed by atoms with E-state index < -0.39 is 0 Å². The SMILES string of the molecule is Fc1cc(NCC2CC2)ccc1-c1ccc(-c2ccc(NCC3CC3)cc2)cc1. The van der Waals surface area contributed by atoms with Gasteiger partial charge in [0.1, 0.15) is 5.82 Å². The molecule has 0 amide bonds. The highest BCUT2D eigenvalue weighted by Crippen LogP contribution is 2.32. The molecular weight excluding hydrogens is 359 g/mol. The second-order valence-electron chi connectivity index (χ2n) is 8.50. The first-order chi connectivity index (χ1) is 14.2. The van der Waals surface area contributed by atoms with Crippen LogP contribution in [0.25, 0.3) is 22.3 Å². The molecule has 2 saturated carbocycles. The van der Waals surface area contributed by atoms with Gasteiger partial charge in [-0.2, -0.15) is 0 Å². The summed E-state index contributed by atoms with van der Waals surface area (Å²) >= 11 is 0. The quantitative estimate of drug-likeness (QED) is 0.445. The van der Waals surface area contributed by atoms with Gasteiger partial charge in [-0.25, -0.2) is 4.39 Å². The van der Waals surface area contributed by atoms with Gasteiger partial charge in [0.15, 0.2) is 0 Å². The molecular formula is C26H27FN2. The first-order valence-electron chi connectivity index (χ1n) is 10.7. The average Bonchev–Trinajstić information content (AvgIpc) is 3.67. The lowest BCUT2D eigenvalue weighted by molar-refractivity contribution is 0.631. The summed E-state index contributed by atoms with van der Waals surface area (Å²) in [6, 6.07) is 22.2. The third-order valence-electron chi connectivity index (χ3n) is 5.97. The van der Waals surface area contributed by atoms with Crippen molar-refractivity contribution in [1.29, 1.82) is 0 Å². The largest absolute Gasteiger partial charge is 0.385 e. The number of halogens is 1. The summed E-state index contributed by atoms with van der Waals surface area (Å²) in [6.07, 6.45) is 5.30. The fourth-order valence-electron chi connectivity index (χ4n) is 3.65. The molecule has 2 N–H and O–H groups in total. The molecule has 0 atom stereocenters. The second kappa shape index (κ2) is 7.90. The van der Waals surface area contributed by atoms with E-state index in [-0.39, 0.29) is 5.82 Å². The molecule has 0 radical (unpaired) electrons. The van der Waals surface area contributed by atoms with E-state index in [1.165, 1.54) is 36.9 Å². The maximum Gasteiger partial charge on any atom is 0.133 e. The molecule has 2 nitrogen and oxygen atoms in total. The van der Waals surface area contributed by atoms with Crippen molar-refractivity contribution in [3.8, 4) is 22.3 Å². The third-order valence-corrected chi connectivity index (χ3v) is 5.97. The van der Waals surface area contributed by atoms with E-state index in [9.17, 15) is 4.39 Å². The van der Waals surface area contributed by atoms with Gasteiger partial charge >= 0.3 is 0 Å². The molecule has 3 aromatic carbocycles. The van der Waals surface area contributed by atoms with Crippen LogP contribution in [0, 0.1) is 17.7 Å². The van der Waals surface area contributed by atoms with Crippen molar-refractivity contribution >= 4 is 11.4 Å². The zero-order chi connectivity index (χ0) is 19.6. The van der Waals surface area contributed by atoms with Crippen LogP contribution in [-0.2, 0) is 0 Å². The van der Waals surface area contributed by atoms with Crippen LogP contribution in [0.3, 0.4) is 0 Å². The van der Waals surface area contributed by atoms with Crippen molar-refractivity contribution in [3.63, 3.8) is 0 Å². The Hall–Kier alpha value is -2.81. The number of rotatable bonds is 8. The van der Waals surface area contributed by atoms with Crippen molar-refractivity contribution in [1.82, 2.24) is 0 Å². The van der Waals surface area contributed by atoms with Gasteiger partial charge in [-0.3, -0.25) is 0 Å². The molecule has 5 rings (SSSR count). The van der Waals surface area contributed by atoms with E-state index in [1.54, 1.807) is 6.07 Å². The first-order valence-corrected chi connectivity index (χ1v) is 10.7. The van der Waals surface area contributed by atoms with Crippen molar-refractivity contribution in [2.45, 2.75) is 25.7 Å². The molecule has 0 aliphatic heterocycles. The van der Waals surface area contributed by atoms with Crippen molar-refractivity contribution in [3.05, 3.63) is 72.5 Å². The zero-order valence-electron chi connectivity index (χ0n) is 16.6. The molecule has 2 aliphatic carbocycles. The van der Waals surface area contributed by atoms with Crippen molar-refractivity contribution in [2.24, 2.45) is 11.8 Å². The Morgan fingerprint density at radius 2 is 1.10 bits per heavy atom. The highest BCUT2D eigenvalue weighted by Gasteiger charge is 2.21. The van der Waals surface area contributed by atoms with E-state index in [4.69, 9.17) is 0 Å². The summed E-state index contributed by atoms with van der Waals surface area (Å²) in [6.45, 7) is 2.02. The van der Waals surface area contributed by atoms with Gasteiger partial charge < -0.3 is 10.6 Å². The van der Waals surface area contributed by atoms with Crippen LogP contribution in [0.5, 0.6) is 0 Å². The summed E-state index contributed by atoms with van der Waals surface area (Å²) in [5, 5.41) is 6.83. The Balaban J connectivity index is 1.26. The predicted octanol–water partition coefficient (Wildman–Crippen LogP) is 6.80. The lowest BCUT2D eigenvalue weighted by Crippen LogP contribution is -2.03. The molecule has 0 saturated heterocycles. The van der Waals surface area contributed by atoms with Crippen LogP contribution in [0.2, 0.25) is 0 Å². The Labute approximate surface area is 172 Å². The van der Waals surface area contributed by atoms with Gasteiger partial charge in [0.2, 0.25) is 0 Å². The fraction of sp³-hybridized carbons (Fsp3) is 0.308. The molecule has 0 bridgehead atoms. The van der Waals surface area contributed by atoms with E-state index >= 15 is 0 Å². The monoisotopic (exact) mass is 386 g/mol. The van der Waals surface area contributed by atoms with Crippen LogP contribution in [0.1, 0.15) is 25.7 Å². The Kier molecular flexibility index (Phi) is 4.97. The van der Waals surface area contributed by atoms with Gasteiger partial charge in [0.05, 0.1) is 0 Å². The number of anilines is 2. The van der Waals surface area contributed by atoms with Crippen LogP contribution in [0.15, 0.2) is 66.7 Å². The summed E-state index contributed by atoms with van der Waals surface area (Å²) < 4.78 is 14.6. The Bertz CT molecular complexity index is 971. The van der Waals surface area contributed by atoms with Gasteiger partial charge in [-0.15, -0.1) is 0 Å². The lowest BCUT2D eigenvalue weighted by atomic mass is 9.99. The molecule has 29 heavy (non-hydrogen) atoms. The van der Waals surface area contributed by atoms with Crippen molar-refractivity contribution < 1.29 is 4.39 Å². The van der Waals surface area contributed by atoms with Gasteiger partial charge in [0, 0.05) is 30.0 Å². The Morgan fingerprint density at radius 1 is 0.621 bits per heavy atom. The number of hydrogen-bond acceptors (Lipinski definition) is 2. The maximum absolute atomic E-state index is 14.6. The second-order valence-corrected chi connectivity index (χ2v) is 8.50. The summed E-state index contributed by atoms with van der Waals surface area (Å²) in [4.78, 5) is 0. The number of hydrogen-bond donors (Lipinski definition) is 2. The normalized spacial score (nSPS) is 15.9. The molecule has 2 aliphatic rings. The van der Waals surface area contributed by atoms with Gasteiger partial charge in [0.25, 0.3) is 0 Å². The number of benzene rings is 3. The smallest absolute Gasteiger partial charge is 0.133 e. The standard InChI is InChI=1S/C26H27FN2/c27-26-15-24(29-17-19-3-4-19)13-14-25(26)22-7-5-20(6-8-22)21-9-11-23(12-10-21)28-16-18-1-2-18/h5-15,18-19,28-29H,1-4,16-17H2.